The molecule has 2 amide bonds. The molecule has 0 saturated carbocycles. The Morgan fingerprint density at radius 2 is 1.70 bits per heavy atom. The van der Waals surface area contributed by atoms with Gasteiger partial charge in [0.15, 0.2) is 0 Å². The number of benzene rings is 2. The summed E-state index contributed by atoms with van der Waals surface area (Å²) in [6, 6.07) is 15.7. The Bertz CT molecular complexity index is 782. The number of carbonyl (C=O) groups excluding carboxylic acids is 2. The molecule has 0 spiro atoms. The van der Waals surface area contributed by atoms with Crippen molar-refractivity contribution in [2.24, 2.45) is 5.92 Å². The molecule has 2 aromatic rings. The van der Waals surface area contributed by atoms with E-state index in [1.54, 1.807) is 29.7 Å². The molecule has 0 heterocycles. The summed E-state index contributed by atoms with van der Waals surface area (Å²) in [4.78, 5) is 24.5. The number of ether oxygens (including phenoxy) is 3. The van der Waals surface area contributed by atoms with Crippen LogP contribution in [0.15, 0.2) is 54.6 Å². The molecule has 3 N–H and O–H groups in total. The predicted molar refractivity (Wildman–Crippen MR) is 110 cm³/mol. The lowest BCUT2D eigenvalue weighted by atomic mass is 9.96. The second-order valence-corrected chi connectivity index (χ2v) is 6.70. The second kappa shape index (κ2) is 12.6. The average Bonchev–Trinajstić information content (AvgIpc) is 2.78. The van der Waals surface area contributed by atoms with Crippen LogP contribution in [-0.2, 0) is 14.3 Å². The highest BCUT2D eigenvalue weighted by Gasteiger charge is 2.23. The molecule has 0 fully saturated rings. The SMILES string of the molecule is CCC(CC(COCOC)NC(=O)c1ccc(Oc2ccccc2)cc1)C(=O)NO. The molecule has 0 aliphatic carbocycles. The quantitative estimate of drug-likeness (QED) is 0.212. The summed E-state index contributed by atoms with van der Waals surface area (Å²) in [7, 11) is 1.50. The van der Waals surface area contributed by atoms with Crippen LogP contribution in [0.1, 0.15) is 30.1 Å². The Hall–Kier alpha value is -2.94. The van der Waals surface area contributed by atoms with E-state index in [1.807, 2.05) is 37.3 Å². The third-order valence-corrected chi connectivity index (χ3v) is 4.49. The van der Waals surface area contributed by atoms with Crippen molar-refractivity contribution < 1.29 is 29.0 Å². The number of rotatable bonds is 12. The first kappa shape index (κ1) is 23.3. The minimum Gasteiger partial charge on any atom is -0.457 e. The Kier molecular flexibility index (Phi) is 9.79. The molecule has 0 aliphatic rings. The number of methoxy groups -OCH3 is 1. The maximum atomic E-state index is 12.7. The van der Waals surface area contributed by atoms with Gasteiger partial charge in [0.2, 0.25) is 5.91 Å². The van der Waals surface area contributed by atoms with E-state index in [0.29, 0.717) is 29.9 Å². The maximum absolute atomic E-state index is 12.7. The van der Waals surface area contributed by atoms with Crippen LogP contribution in [0.4, 0.5) is 0 Å². The zero-order valence-corrected chi connectivity index (χ0v) is 17.2. The van der Waals surface area contributed by atoms with E-state index in [0.717, 1.165) is 0 Å². The largest absolute Gasteiger partial charge is 0.457 e. The standard InChI is InChI=1S/C22H28N2O6/c1-3-16(22(26)24-27)13-18(14-29-15-28-2)23-21(25)17-9-11-20(12-10-17)30-19-7-5-4-6-8-19/h4-12,16,18,27H,3,13-15H2,1-2H3,(H,23,25)(H,24,26). The second-order valence-electron chi connectivity index (χ2n) is 6.70. The number of carbonyl (C=O) groups is 2. The number of para-hydroxylation sites is 1. The minimum atomic E-state index is -0.495. The summed E-state index contributed by atoms with van der Waals surface area (Å²) in [5.74, 6) is 0.0618. The molecule has 30 heavy (non-hydrogen) atoms. The highest BCUT2D eigenvalue weighted by atomic mass is 16.7. The van der Waals surface area contributed by atoms with Crippen LogP contribution < -0.4 is 15.5 Å². The van der Waals surface area contributed by atoms with Gasteiger partial charge in [0, 0.05) is 18.6 Å². The number of amides is 2. The molecule has 0 saturated heterocycles. The Balaban J connectivity index is 2.01. The van der Waals surface area contributed by atoms with Crippen LogP contribution in [0.2, 0.25) is 0 Å². The zero-order valence-electron chi connectivity index (χ0n) is 17.2. The lowest BCUT2D eigenvalue weighted by Crippen LogP contribution is -2.42. The molecule has 0 radical (unpaired) electrons. The van der Waals surface area contributed by atoms with Gasteiger partial charge >= 0.3 is 0 Å². The van der Waals surface area contributed by atoms with Crippen molar-refractivity contribution in [3.05, 3.63) is 60.2 Å². The molecule has 0 bridgehead atoms. The van der Waals surface area contributed by atoms with E-state index in [2.05, 4.69) is 5.32 Å². The summed E-state index contributed by atoms with van der Waals surface area (Å²) >= 11 is 0. The highest BCUT2D eigenvalue weighted by molar-refractivity contribution is 5.94. The smallest absolute Gasteiger partial charge is 0.251 e. The van der Waals surface area contributed by atoms with Gasteiger partial charge in [0.1, 0.15) is 18.3 Å². The summed E-state index contributed by atoms with van der Waals surface area (Å²) in [6.45, 7) is 2.07. The molecule has 0 aliphatic heterocycles. The average molecular weight is 416 g/mol. The zero-order chi connectivity index (χ0) is 21.8. The van der Waals surface area contributed by atoms with E-state index >= 15 is 0 Å². The Morgan fingerprint density at radius 1 is 1.03 bits per heavy atom. The maximum Gasteiger partial charge on any atom is 0.251 e. The van der Waals surface area contributed by atoms with E-state index in [4.69, 9.17) is 19.4 Å². The monoisotopic (exact) mass is 416 g/mol. The van der Waals surface area contributed by atoms with Gasteiger partial charge in [0.25, 0.3) is 5.91 Å². The molecular formula is C22H28N2O6. The van der Waals surface area contributed by atoms with Gasteiger partial charge in [-0.15, -0.1) is 0 Å². The van der Waals surface area contributed by atoms with Crippen molar-refractivity contribution in [1.82, 2.24) is 10.8 Å². The van der Waals surface area contributed by atoms with Gasteiger partial charge in [-0.3, -0.25) is 14.8 Å². The number of hydrogen-bond acceptors (Lipinski definition) is 6. The molecule has 8 heteroatoms. The topological polar surface area (TPSA) is 106 Å². The van der Waals surface area contributed by atoms with Crippen LogP contribution >= 0.6 is 0 Å². The van der Waals surface area contributed by atoms with Gasteiger partial charge in [-0.25, -0.2) is 5.48 Å². The summed E-state index contributed by atoms with van der Waals surface area (Å²) in [5, 5.41) is 11.8. The van der Waals surface area contributed by atoms with Gasteiger partial charge in [-0.05, 0) is 49.2 Å². The first-order chi connectivity index (χ1) is 14.6. The van der Waals surface area contributed by atoms with Gasteiger partial charge in [0.05, 0.1) is 12.6 Å². The van der Waals surface area contributed by atoms with Crippen LogP contribution in [0.25, 0.3) is 0 Å². The molecule has 2 rings (SSSR count). The first-order valence-electron chi connectivity index (χ1n) is 9.71. The van der Waals surface area contributed by atoms with E-state index in [-0.39, 0.29) is 19.3 Å². The fourth-order valence-electron chi connectivity index (χ4n) is 2.90. The highest BCUT2D eigenvalue weighted by Crippen LogP contribution is 2.21. The van der Waals surface area contributed by atoms with Crippen molar-refractivity contribution in [3.8, 4) is 11.5 Å². The number of hydrogen-bond donors (Lipinski definition) is 3. The molecule has 2 atom stereocenters. The summed E-state index contributed by atoms with van der Waals surface area (Å²) < 4.78 is 16.0. The molecule has 2 unspecified atom stereocenters. The van der Waals surface area contributed by atoms with Gasteiger partial charge in [-0.1, -0.05) is 25.1 Å². The van der Waals surface area contributed by atoms with Crippen LogP contribution in [0, 0.1) is 5.92 Å². The molecular weight excluding hydrogens is 388 g/mol. The van der Waals surface area contributed by atoms with Crippen molar-refractivity contribution >= 4 is 11.8 Å². The normalized spacial score (nSPS) is 12.6. The lowest BCUT2D eigenvalue weighted by Gasteiger charge is -2.22. The van der Waals surface area contributed by atoms with Gasteiger partial charge < -0.3 is 19.5 Å². The predicted octanol–water partition coefficient (Wildman–Crippen LogP) is 3.12. The Morgan fingerprint density at radius 3 is 2.30 bits per heavy atom. The molecule has 2 aromatic carbocycles. The fraction of sp³-hybridized carbons (Fsp3) is 0.364. The van der Waals surface area contributed by atoms with Crippen LogP contribution in [0.3, 0.4) is 0 Å². The molecule has 162 valence electrons. The van der Waals surface area contributed by atoms with Crippen LogP contribution in [0.5, 0.6) is 11.5 Å². The van der Waals surface area contributed by atoms with Crippen molar-refractivity contribution in [2.75, 3.05) is 20.5 Å². The molecule has 0 aromatic heterocycles. The minimum absolute atomic E-state index is 0.0703. The first-order valence-corrected chi connectivity index (χ1v) is 9.71. The van der Waals surface area contributed by atoms with E-state index < -0.39 is 17.9 Å². The third kappa shape index (κ3) is 7.47. The van der Waals surface area contributed by atoms with E-state index in [9.17, 15) is 9.59 Å². The third-order valence-electron chi connectivity index (χ3n) is 4.49. The van der Waals surface area contributed by atoms with E-state index in [1.165, 1.54) is 7.11 Å². The van der Waals surface area contributed by atoms with Crippen LogP contribution in [-0.4, -0.2) is 43.6 Å². The summed E-state index contributed by atoms with van der Waals surface area (Å²) in [6.07, 6.45) is 0.822. The Labute approximate surface area is 176 Å². The fourth-order valence-corrected chi connectivity index (χ4v) is 2.90. The van der Waals surface area contributed by atoms with Crippen molar-refractivity contribution in [2.45, 2.75) is 25.8 Å². The summed E-state index contributed by atoms with van der Waals surface area (Å²) in [5.41, 5.74) is 2.12. The van der Waals surface area contributed by atoms with Gasteiger partial charge in [-0.2, -0.15) is 0 Å². The number of nitrogens with one attached hydrogen (secondary N) is 2. The van der Waals surface area contributed by atoms with Crippen molar-refractivity contribution in [3.63, 3.8) is 0 Å². The number of hydroxylamine groups is 1. The lowest BCUT2D eigenvalue weighted by molar-refractivity contribution is -0.134. The molecule has 8 nitrogen and oxygen atoms in total. The van der Waals surface area contributed by atoms with Crippen molar-refractivity contribution in [1.29, 1.82) is 0 Å².